The smallest absolute Gasteiger partial charge is 0.240 e. The number of fused-ring (bicyclic) bond motifs is 1. The van der Waals surface area contributed by atoms with Gasteiger partial charge in [-0.15, -0.1) is 11.3 Å². The predicted molar refractivity (Wildman–Crippen MR) is 162 cm³/mol. The third-order valence-electron chi connectivity index (χ3n) is 8.50. The number of aromatic nitrogens is 1. The van der Waals surface area contributed by atoms with Crippen LogP contribution in [0.25, 0.3) is 11.1 Å². The zero-order valence-electron chi connectivity index (χ0n) is 23.2. The Morgan fingerprint density at radius 1 is 0.974 bits per heavy atom. The van der Waals surface area contributed by atoms with Crippen LogP contribution in [0.15, 0.2) is 53.4 Å². The second-order valence-corrected chi connectivity index (χ2v) is 14.2. The predicted octanol–water partition coefficient (Wildman–Crippen LogP) is 6.20. The minimum absolute atomic E-state index is 0.0170. The fourth-order valence-corrected chi connectivity index (χ4v) is 8.49. The van der Waals surface area contributed by atoms with Crippen LogP contribution in [-0.2, 0) is 22.9 Å². The lowest BCUT2D eigenvalue weighted by atomic mass is 9.84. The maximum atomic E-state index is 13.1. The number of nitrogen functional groups attached to an aromatic ring is 1. The van der Waals surface area contributed by atoms with Crippen LogP contribution in [0.1, 0.15) is 68.0 Å². The molecule has 1 heterocycles. The number of hydrogen-bond donors (Lipinski definition) is 2. The Morgan fingerprint density at radius 2 is 1.64 bits per heavy atom. The first-order valence-corrected chi connectivity index (χ1v) is 16.8. The maximum absolute atomic E-state index is 13.1. The van der Waals surface area contributed by atoms with E-state index in [1.165, 1.54) is 22.6 Å². The van der Waals surface area contributed by atoms with Gasteiger partial charge in [0.2, 0.25) is 10.0 Å². The first-order chi connectivity index (χ1) is 18.8. The van der Waals surface area contributed by atoms with E-state index < -0.39 is 10.0 Å². The number of nitrogens with zero attached hydrogens (tertiary/aromatic N) is 2. The Labute approximate surface area is 238 Å². The molecule has 0 spiro atoms. The molecule has 39 heavy (non-hydrogen) atoms. The van der Waals surface area contributed by atoms with E-state index in [9.17, 15) is 8.42 Å². The van der Waals surface area contributed by atoms with Crippen molar-refractivity contribution in [2.24, 2.45) is 5.92 Å². The molecule has 2 aliphatic carbocycles. The first-order valence-electron chi connectivity index (χ1n) is 14.5. The lowest BCUT2D eigenvalue weighted by molar-refractivity contribution is 0.158. The van der Waals surface area contributed by atoms with Gasteiger partial charge in [0.1, 0.15) is 0 Å². The zero-order valence-corrected chi connectivity index (χ0v) is 24.9. The zero-order chi connectivity index (χ0) is 27.4. The van der Waals surface area contributed by atoms with Crippen LogP contribution in [0.3, 0.4) is 0 Å². The van der Waals surface area contributed by atoms with Gasteiger partial charge >= 0.3 is 0 Å². The summed E-state index contributed by atoms with van der Waals surface area (Å²) < 4.78 is 29.2. The Kier molecular flexibility index (Phi) is 9.06. The van der Waals surface area contributed by atoms with E-state index in [2.05, 4.69) is 52.7 Å². The average Bonchev–Trinajstić information content (AvgIpc) is 3.31. The van der Waals surface area contributed by atoms with Crippen molar-refractivity contribution in [3.05, 3.63) is 64.7 Å². The quantitative estimate of drug-likeness (QED) is 0.305. The number of nitrogens with two attached hydrogens (primary N) is 1. The van der Waals surface area contributed by atoms with Crippen molar-refractivity contribution >= 4 is 26.5 Å². The molecule has 0 saturated heterocycles. The molecule has 1 aromatic heterocycles. The standard InChI is InChI=1S/C31H42N4O2S2/c1-3-19-35(27-14-17-29-30(21-27)38-31(32)33-29)20-18-23-6-12-26(13-7-23)34-39(36,37)28-15-10-25(11-16-28)24-8-4-22(2)5-9-24/h4-5,8-11,15-16,23,26-27,34H,3,6-7,12-14,17-21H2,1-2H3,(H2,32,33)/t23?,26?,27-/m0/s1. The van der Waals surface area contributed by atoms with E-state index in [1.807, 2.05) is 12.1 Å². The molecule has 5 rings (SSSR count). The van der Waals surface area contributed by atoms with Gasteiger partial charge in [-0.25, -0.2) is 18.1 Å². The molecule has 6 nitrogen and oxygen atoms in total. The highest BCUT2D eigenvalue weighted by Gasteiger charge is 2.29. The van der Waals surface area contributed by atoms with Gasteiger partial charge in [0.25, 0.3) is 0 Å². The van der Waals surface area contributed by atoms with Crippen molar-refractivity contribution in [3.63, 3.8) is 0 Å². The van der Waals surface area contributed by atoms with Crippen molar-refractivity contribution < 1.29 is 8.42 Å². The van der Waals surface area contributed by atoms with E-state index >= 15 is 0 Å². The molecule has 210 valence electrons. The van der Waals surface area contributed by atoms with Gasteiger partial charge in [-0.05, 0) is 107 Å². The van der Waals surface area contributed by atoms with Crippen molar-refractivity contribution in [2.75, 3.05) is 18.8 Å². The van der Waals surface area contributed by atoms with Crippen molar-refractivity contribution in [3.8, 4) is 11.1 Å². The molecule has 0 amide bonds. The molecular weight excluding hydrogens is 525 g/mol. The van der Waals surface area contributed by atoms with Gasteiger partial charge < -0.3 is 10.6 Å². The van der Waals surface area contributed by atoms with Crippen molar-refractivity contribution in [1.29, 1.82) is 0 Å². The fourth-order valence-electron chi connectivity index (χ4n) is 6.23. The number of thiazole rings is 1. The summed E-state index contributed by atoms with van der Waals surface area (Å²) in [4.78, 5) is 8.92. The van der Waals surface area contributed by atoms with Gasteiger partial charge in [0, 0.05) is 17.0 Å². The van der Waals surface area contributed by atoms with Crippen molar-refractivity contribution in [1.82, 2.24) is 14.6 Å². The molecule has 0 aliphatic heterocycles. The summed E-state index contributed by atoms with van der Waals surface area (Å²) in [6.07, 6.45) is 9.61. The van der Waals surface area contributed by atoms with Crippen LogP contribution < -0.4 is 10.5 Å². The summed E-state index contributed by atoms with van der Waals surface area (Å²) in [5.74, 6) is 0.664. The number of benzene rings is 2. The van der Waals surface area contributed by atoms with Crippen LogP contribution in [0, 0.1) is 12.8 Å². The molecule has 1 saturated carbocycles. The third kappa shape index (κ3) is 7.09. The number of hydrogen-bond acceptors (Lipinski definition) is 6. The highest BCUT2D eigenvalue weighted by Crippen LogP contribution is 2.32. The second-order valence-electron chi connectivity index (χ2n) is 11.4. The lowest BCUT2D eigenvalue weighted by Crippen LogP contribution is -2.41. The normalized spacial score (nSPS) is 21.7. The third-order valence-corrected chi connectivity index (χ3v) is 11.0. The van der Waals surface area contributed by atoms with Crippen molar-refractivity contribution in [2.45, 2.75) is 88.6 Å². The minimum atomic E-state index is -3.52. The molecular formula is C31H42N4O2S2. The first kappa shape index (κ1) is 28.3. The van der Waals surface area contributed by atoms with E-state index in [0.29, 0.717) is 22.0 Å². The highest BCUT2D eigenvalue weighted by molar-refractivity contribution is 7.89. The van der Waals surface area contributed by atoms with E-state index in [-0.39, 0.29) is 6.04 Å². The largest absolute Gasteiger partial charge is 0.375 e. The fraction of sp³-hybridized carbons (Fsp3) is 0.516. The van der Waals surface area contributed by atoms with E-state index in [0.717, 1.165) is 75.6 Å². The van der Waals surface area contributed by atoms with E-state index in [4.69, 9.17) is 5.73 Å². The molecule has 0 radical (unpaired) electrons. The van der Waals surface area contributed by atoms with E-state index in [1.54, 1.807) is 23.5 Å². The number of sulfonamides is 1. The highest BCUT2D eigenvalue weighted by atomic mass is 32.2. The maximum Gasteiger partial charge on any atom is 0.240 e. The van der Waals surface area contributed by atoms with Gasteiger partial charge in [-0.2, -0.15) is 0 Å². The number of nitrogens with one attached hydrogen (secondary N) is 1. The molecule has 1 atom stereocenters. The summed E-state index contributed by atoms with van der Waals surface area (Å²) in [6, 6.07) is 16.1. The summed E-state index contributed by atoms with van der Waals surface area (Å²) >= 11 is 1.66. The molecule has 3 N–H and O–H groups in total. The number of anilines is 1. The second kappa shape index (κ2) is 12.5. The summed E-state index contributed by atoms with van der Waals surface area (Å²) in [7, 11) is -3.52. The van der Waals surface area contributed by atoms with Crippen LogP contribution in [-0.4, -0.2) is 43.5 Å². The molecule has 0 unspecified atom stereocenters. The molecule has 3 aromatic rings. The van der Waals surface area contributed by atoms with Crippen LogP contribution in [0.2, 0.25) is 0 Å². The van der Waals surface area contributed by atoms with Crippen LogP contribution in [0.5, 0.6) is 0 Å². The van der Waals surface area contributed by atoms with Gasteiger partial charge in [0.15, 0.2) is 5.13 Å². The number of aryl methyl sites for hydroxylation is 2. The Balaban J connectivity index is 1.10. The lowest BCUT2D eigenvalue weighted by Gasteiger charge is -2.36. The van der Waals surface area contributed by atoms with Gasteiger partial charge in [-0.3, -0.25) is 0 Å². The summed E-state index contributed by atoms with van der Waals surface area (Å²) in [6.45, 7) is 6.58. The Hall–Kier alpha value is -2.26. The molecule has 2 aromatic carbocycles. The summed E-state index contributed by atoms with van der Waals surface area (Å²) in [5, 5.41) is 0.703. The van der Waals surface area contributed by atoms with Crippen LogP contribution in [0.4, 0.5) is 5.13 Å². The molecule has 2 aliphatic rings. The van der Waals surface area contributed by atoms with Gasteiger partial charge in [0.05, 0.1) is 10.6 Å². The summed E-state index contributed by atoms with van der Waals surface area (Å²) in [5.41, 5.74) is 10.5. The topological polar surface area (TPSA) is 88.3 Å². The minimum Gasteiger partial charge on any atom is -0.375 e. The number of rotatable bonds is 10. The average molecular weight is 567 g/mol. The monoisotopic (exact) mass is 566 g/mol. The SMILES string of the molecule is CCCN(CCC1CCC(NS(=O)(=O)c2ccc(-c3ccc(C)cc3)cc2)CC1)[C@H]1CCc2nc(N)sc2C1. The Bertz CT molecular complexity index is 1330. The van der Waals surface area contributed by atoms with Gasteiger partial charge in [-0.1, -0.05) is 48.9 Å². The Morgan fingerprint density at radius 3 is 2.31 bits per heavy atom. The molecule has 8 heteroatoms. The van der Waals surface area contributed by atoms with Crippen LogP contribution >= 0.6 is 11.3 Å². The molecule has 0 bridgehead atoms. The molecule has 1 fully saturated rings.